The van der Waals surface area contributed by atoms with Crippen LogP contribution in [0.5, 0.6) is 0 Å². The van der Waals surface area contributed by atoms with Crippen molar-refractivity contribution in [3.63, 3.8) is 0 Å². The Hall–Kier alpha value is -0.820. The fourth-order valence-electron chi connectivity index (χ4n) is 4.39. The topological polar surface area (TPSA) is 12.0 Å². The van der Waals surface area contributed by atoms with Gasteiger partial charge in [-0.3, -0.25) is 0 Å². The van der Waals surface area contributed by atoms with E-state index in [-0.39, 0.29) is 0 Å². The summed E-state index contributed by atoms with van der Waals surface area (Å²) in [6.45, 7) is 2.43. The maximum Gasteiger partial charge on any atom is 0.0138 e. The van der Waals surface area contributed by atoms with Gasteiger partial charge in [-0.1, -0.05) is 62.9 Å². The third kappa shape index (κ3) is 4.10. The maximum atomic E-state index is 4.07. The summed E-state index contributed by atoms with van der Waals surface area (Å²) in [5, 5.41) is 4.07. The van der Waals surface area contributed by atoms with Crippen LogP contribution in [0.2, 0.25) is 0 Å². The molecular formula is C20H31N. The molecule has 2 aliphatic carbocycles. The van der Waals surface area contributed by atoms with Crippen LogP contribution in [0.4, 0.5) is 0 Å². The van der Waals surface area contributed by atoms with E-state index in [1.807, 2.05) is 0 Å². The Balaban J connectivity index is 1.64. The standard InChI is InChI=1S/C20H31N/c1-16-8-7-11-18(15-14-16)21-20-13-6-5-12-19(20)17-9-3-2-4-10-17/h2-4,9-10,16,18-21H,5-8,11-15H2,1H3. The first-order valence-corrected chi connectivity index (χ1v) is 9.14. The highest BCUT2D eigenvalue weighted by molar-refractivity contribution is 5.22. The SMILES string of the molecule is CC1CCCC(NC2CCCCC2c2ccccc2)CC1. The second-order valence-corrected chi connectivity index (χ2v) is 7.39. The molecular weight excluding hydrogens is 254 g/mol. The molecule has 3 rings (SSSR count). The van der Waals surface area contributed by atoms with Gasteiger partial charge >= 0.3 is 0 Å². The first kappa shape index (κ1) is 15.1. The van der Waals surface area contributed by atoms with Crippen molar-refractivity contribution in [1.82, 2.24) is 5.32 Å². The number of rotatable bonds is 3. The fourth-order valence-corrected chi connectivity index (χ4v) is 4.39. The van der Waals surface area contributed by atoms with E-state index in [2.05, 4.69) is 42.6 Å². The monoisotopic (exact) mass is 285 g/mol. The van der Waals surface area contributed by atoms with E-state index in [1.165, 1.54) is 57.8 Å². The van der Waals surface area contributed by atoms with E-state index < -0.39 is 0 Å². The van der Waals surface area contributed by atoms with Crippen molar-refractivity contribution in [2.75, 3.05) is 0 Å². The van der Waals surface area contributed by atoms with Crippen LogP contribution in [0, 0.1) is 5.92 Å². The largest absolute Gasteiger partial charge is 0.311 e. The summed E-state index contributed by atoms with van der Waals surface area (Å²) >= 11 is 0. The minimum absolute atomic E-state index is 0.708. The molecule has 0 spiro atoms. The lowest BCUT2D eigenvalue weighted by Gasteiger charge is -2.35. The lowest BCUT2D eigenvalue weighted by molar-refractivity contribution is 0.285. The van der Waals surface area contributed by atoms with Gasteiger partial charge in [0.15, 0.2) is 0 Å². The molecule has 0 aromatic heterocycles. The number of nitrogens with one attached hydrogen (secondary N) is 1. The normalized spacial score (nSPS) is 34.3. The average Bonchev–Trinajstić information content (AvgIpc) is 2.73. The van der Waals surface area contributed by atoms with Gasteiger partial charge in [0.05, 0.1) is 0 Å². The molecule has 21 heavy (non-hydrogen) atoms. The first-order chi connectivity index (χ1) is 10.3. The predicted octanol–water partition coefficient (Wildman–Crippen LogP) is 5.27. The molecule has 1 nitrogen and oxygen atoms in total. The lowest BCUT2D eigenvalue weighted by Crippen LogP contribution is -2.43. The zero-order valence-corrected chi connectivity index (χ0v) is 13.6. The van der Waals surface area contributed by atoms with E-state index in [4.69, 9.17) is 0 Å². The van der Waals surface area contributed by atoms with Crippen molar-refractivity contribution in [2.24, 2.45) is 5.92 Å². The molecule has 0 radical (unpaired) electrons. The van der Waals surface area contributed by atoms with Crippen molar-refractivity contribution in [1.29, 1.82) is 0 Å². The molecule has 0 saturated heterocycles. The molecule has 2 saturated carbocycles. The molecule has 0 amide bonds. The minimum atomic E-state index is 0.708. The van der Waals surface area contributed by atoms with Crippen LogP contribution in [0.3, 0.4) is 0 Å². The molecule has 0 aliphatic heterocycles. The summed E-state index contributed by atoms with van der Waals surface area (Å²) in [6, 6.07) is 12.7. The maximum absolute atomic E-state index is 4.07. The molecule has 2 aliphatic rings. The van der Waals surface area contributed by atoms with Crippen LogP contribution in [-0.2, 0) is 0 Å². The van der Waals surface area contributed by atoms with Gasteiger partial charge in [-0.05, 0) is 49.5 Å². The fraction of sp³-hybridized carbons (Fsp3) is 0.700. The molecule has 1 aromatic rings. The summed E-state index contributed by atoms with van der Waals surface area (Å²) < 4.78 is 0. The van der Waals surface area contributed by atoms with E-state index in [0.29, 0.717) is 6.04 Å². The van der Waals surface area contributed by atoms with Gasteiger partial charge in [-0.2, -0.15) is 0 Å². The predicted molar refractivity (Wildman–Crippen MR) is 90.6 cm³/mol. The Morgan fingerprint density at radius 2 is 1.62 bits per heavy atom. The second-order valence-electron chi connectivity index (χ2n) is 7.39. The Kier molecular flexibility index (Phi) is 5.35. The average molecular weight is 285 g/mol. The molecule has 116 valence electrons. The van der Waals surface area contributed by atoms with E-state index in [0.717, 1.165) is 17.9 Å². The Bertz CT molecular complexity index is 413. The van der Waals surface area contributed by atoms with Crippen LogP contribution in [0.15, 0.2) is 30.3 Å². The summed E-state index contributed by atoms with van der Waals surface area (Å²) in [6.07, 6.45) is 12.6. The quantitative estimate of drug-likeness (QED) is 0.746. The smallest absolute Gasteiger partial charge is 0.0138 e. The highest BCUT2D eigenvalue weighted by Gasteiger charge is 2.28. The Labute approximate surface area is 130 Å². The summed E-state index contributed by atoms with van der Waals surface area (Å²) in [5.74, 6) is 1.67. The van der Waals surface area contributed by atoms with E-state index >= 15 is 0 Å². The molecule has 4 unspecified atom stereocenters. The molecule has 0 bridgehead atoms. The van der Waals surface area contributed by atoms with Crippen molar-refractivity contribution in [3.8, 4) is 0 Å². The van der Waals surface area contributed by atoms with Crippen molar-refractivity contribution in [3.05, 3.63) is 35.9 Å². The molecule has 1 aromatic carbocycles. The third-order valence-electron chi connectivity index (χ3n) is 5.70. The summed E-state index contributed by atoms with van der Waals surface area (Å²) in [4.78, 5) is 0. The molecule has 1 heteroatoms. The zero-order valence-electron chi connectivity index (χ0n) is 13.6. The number of hydrogen-bond acceptors (Lipinski definition) is 1. The van der Waals surface area contributed by atoms with Crippen molar-refractivity contribution < 1.29 is 0 Å². The third-order valence-corrected chi connectivity index (χ3v) is 5.70. The second kappa shape index (κ2) is 7.45. The minimum Gasteiger partial charge on any atom is -0.311 e. The summed E-state index contributed by atoms with van der Waals surface area (Å²) in [5.41, 5.74) is 1.55. The van der Waals surface area contributed by atoms with E-state index in [1.54, 1.807) is 5.56 Å². The van der Waals surface area contributed by atoms with Crippen LogP contribution >= 0.6 is 0 Å². The van der Waals surface area contributed by atoms with Crippen LogP contribution in [-0.4, -0.2) is 12.1 Å². The Morgan fingerprint density at radius 3 is 2.48 bits per heavy atom. The summed E-state index contributed by atoms with van der Waals surface area (Å²) in [7, 11) is 0. The Morgan fingerprint density at radius 1 is 0.810 bits per heavy atom. The van der Waals surface area contributed by atoms with Crippen LogP contribution < -0.4 is 5.32 Å². The lowest BCUT2D eigenvalue weighted by atomic mass is 9.79. The van der Waals surface area contributed by atoms with Gasteiger partial charge in [0.25, 0.3) is 0 Å². The number of benzene rings is 1. The van der Waals surface area contributed by atoms with Gasteiger partial charge in [0, 0.05) is 12.1 Å². The van der Waals surface area contributed by atoms with Gasteiger partial charge in [0.2, 0.25) is 0 Å². The highest BCUT2D eigenvalue weighted by Crippen LogP contribution is 2.34. The van der Waals surface area contributed by atoms with Crippen molar-refractivity contribution in [2.45, 2.75) is 82.7 Å². The molecule has 4 atom stereocenters. The molecule has 0 heterocycles. The molecule has 2 fully saturated rings. The zero-order chi connectivity index (χ0) is 14.5. The van der Waals surface area contributed by atoms with Gasteiger partial charge in [-0.15, -0.1) is 0 Å². The van der Waals surface area contributed by atoms with Gasteiger partial charge < -0.3 is 5.32 Å². The van der Waals surface area contributed by atoms with Crippen LogP contribution in [0.25, 0.3) is 0 Å². The van der Waals surface area contributed by atoms with Crippen LogP contribution in [0.1, 0.15) is 76.2 Å². The highest BCUT2D eigenvalue weighted by atomic mass is 15.0. The van der Waals surface area contributed by atoms with Gasteiger partial charge in [0.1, 0.15) is 0 Å². The first-order valence-electron chi connectivity index (χ1n) is 9.14. The number of hydrogen-bond donors (Lipinski definition) is 1. The van der Waals surface area contributed by atoms with Gasteiger partial charge in [-0.25, -0.2) is 0 Å². The van der Waals surface area contributed by atoms with E-state index in [9.17, 15) is 0 Å². The molecule has 1 N–H and O–H groups in total. The van der Waals surface area contributed by atoms with Crippen molar-refractivity contribution >= 4 is 0 Å².